The highest BCUT2D eigenvalue weighted by Gasteiger charge is 2.55. The molecule has 1 spiro atoms. The third-order valence-corrected chi connectivity index (χ3v) is 7.95. The van der Waals surface area contributed by atoms with Crippen molar-refractivity contribution in [3.8, 4) is 0 Å². The average Bonchev–Trinajstić information content (AvgIpc) is 2.96. The zero-order valence-corrected chi connectivity index (χ0v) is 14.3. The predicted octanol–water partition coefficient (Wildman–Crippen LogP) is 4.43. The molecule has 0 aromatic carbocycles. The predicted molar refractivity (Wildman–Crippen MR) is 83.3 cm³/mol. The monoisotopic (exact) mass is 298 g/mol. The van der Waals surface area contributed by atoms with Gasteiger partial charge in [0.25, 0.3) is 0 Å². The molecule has 0 heterocycles. The number of aliphatic carboxylic acids is 1. The van der Waals surface area contributed by atoms with E-state index in [1.54, 1.807) is 0 Å². The Morgan fingerprint density at radius 2 is 1.95 bits per heavy atom. The van der Waals surface area contributed by atoms with Crippen molar-refractivity contribution in [1.29, 1.82) is 0 Å². The summed E-state index contributed by atoms with van der Waals surface area (Å²) in [6.07, 6.45) is 8.93. The number of unbranched alkanes of at least 4 members (excludes halogenated alkanes) is 1. The van der Waals surface area contributed by atoms with Gasteiger partial charge in [-0.15, -0.1) is 0 Å². The SMILES string of the molecule is CCCC[Si](C)(C)O[C@H]1CCC[C@@]12CCC[C@@H]2C(=O)O. The second kappa shape index (κ2) is 6.18. The van der Waals surface area contributed by atoms with Crippen LogP contribution in [0.5, 0.6) is 0 Å². The first-order valence-electron chi connectivity index (χ1n) is 8.32. The summed E-state index contributed by atoms with van der Waals surface area (Å²) in [6.45, 7) is 6.83. The van der Waals surface area contributed by atoms with Crippen molar-refractivity contribution < 1.29 is 14.3 Å². The highest BCUT2D eigenvalue weighted by molar-refractivity contribution is 6.71. The second-order valence-corrected chi connectivity index (χ2v) is 11.6. The molecule has 0 aliphatic heterocycles. The molecule has 3 atom stereocenters. The van der Waals surface area contributed by atoms with Gasteiger partial charge in [-0.3, -0.25) is 4.79 Å². The van der Waals surface area contributed by atoms with Crippen LogP contribution < -0.4 is 0 Å². The van der Waals surface area contributed by atoms with Crippen LogP contribution in [0.4, 0.5) is 0 Å². The maximum atomic E-state index is 11.6. The Hall–Kier alpha value is -0.353. The Bertz CT molecular complexity index is 352. The summed E-state index contributed by atoms with van der Waals surface area (Å²) >= 11 is 0. The lowest BCUT2D eigenvalue weighted by Gasteiger charge is -2.39. The van der Waals surface area contributed by atoms with Crippen LogP contribution in [0.25, 0.3) is 0 Å². The van der Waals surface area contributed by atoms with Crippen LogP contribution in [0.15, 0.2) is 0 Å². The molecule has 0 aromatic rings. The molecule has 0 saturated heterocycles. The lowest BCUT2D eigenvalue weighted by atomic mass is 9.75. The summed E-state index contributed by atoms with van der Waals surface area (Å²) in [5.41, 5.74) is -0.0394. The van der Waals surface area contributed by atoms with Gasteiger partial charge >= 0.3 is 5.97 Å². The maximum Gasteiger partial charge on any atom is 0.307 e. The van der Waals surface area contributed by atoms with Crippen LogP contribution in [0.3, 0.4) is 0 Å². The molecular weight excluding hydrogens is 268 g/mol. The molecule has 3 nitrogen and oxygen atoms in total. The molecule has 2 aliphatic carbocycles. The molecule has 0 bridgehead atoms. The van der Waals surface area contributed by atoms with E-state index in [-0.39, 0.29) is 17.4 Å². The highest BCUT2D eigenvalue weighted by Crippen LogP contribution is 2.56. The Morgan fingerprint density at radius 1 is 1.30 bits per heavy atom. The maximum absolute atomic E-state index is 11.6. The third kappa shape index (κ3) is 3.11. The zero-order chi connectivity index (χ0) is 14.8. The van der Waals surface area contributed by atoms with Crippen molar-refractivity contribution >= 4 is 14.3 Å². The Morgan fingerprint density at radius 3 is 2.55 bits per heavy atom. The van der Waals surface area contributed by atoms with Crippen molar-refractivity contribution in [1.82, 2.24) is 0 Å². The molecule has 2 rings (SSSR count). The van der Waals surface area contributed by atoms with Crippen molar-refractivity contribution in [3.63, 3.8) is 0 Å². The van der Waals surface area contributed by atoms with Crippen molar-refractivity contribution in [2.75, 3.05) is 0 Å². The fourth-order valence-corrected chi connectivity index (χ4v) is 6.88. The van der Waals surface area contributed by atoms with E-state index in [1.165, 1.54) is 18.9 Å². The molecule has 0 unspecified atom stereocenters. The Labute approximate surface area is 124 Å². The summed E-state index contributed by atoms with van der Waals surface area (Å²) in [6, 6.07) is 1.20. The minimum absolute atomic E-state index is 0.0394. The number of hydrogen-bond acceptors (Lipinski definition) is 2. The lowest BCUT2D eigenvalue weighted by Crippen LogP contribution is -2.45. The molecule has 0 radical (unpaired) electrons. The van der Waals surface area contributed by atoms with Gasteiger partial charge in [0.05, 0.1) is 12.0 Å². The standard InChI is InChI=1S/C16H30O3Si/c1-4-5-12-20(2,3)19-14-9-7-11-16(14)10-6-8-13(16)15(17)18/h13-14H,4-12H2,1-3H3,(H,17,18)/t13-,14+,16-/m1/s1. The lowest BCUT2D eigenvalue weighted by molar-refractivity contribution is -0.147. The molecule has 2 fully saturated rings. The van der Waals surface area contributed by atoms with Crippen LogP contribution in [-0.4, -0.2) is 25.5 Å². The van der Waals surface area contributed by atoms with E-state index in [2.05, 4.69) is 20.0 Å². The van der Waals surface area contributed by atoms with Crippen LogP contribution in [0.2, 0.25) is 19.1 Å². The van der Waals surface area contributed by atoms with Crippen molar-refractivity contribution in [2.24, 2.45) is 11.3 Å². The number of hydrogen-bond donors (Lipinski definition) is 1. The molecule has 2 aliphatic rings. The number of rotatable bonds is 6. The first-order valence-corrected chi connectivity index (χ1v) is 11.4. The quantitative estimate of drug-likeness (QED) is 0.738. The van der Waals surface area contributed by atoms with E-state index in [4.69, 9.17) is 4.43 Å². The average molecular weight is 298 g/mol. The molecular formula is C16H30O3Si. The largest absolute Gasteiger partial charge is 0.481 e. The second-order valence-electron chi connectivity index (χ2n) is 7.38. The van der Waals surface area contributed by atoms with E-state index in [1.807, 2.05) is 0 Å². The summed E-state index contributed by atoms with van der Waals surface area (Å²) in [4.78, 5) is 11.6. The molecule has 116 valence electrons. The van der Waals surface area contributed by atoms with Gasteiger partial charge in [-0.2, -0.15) is 0 Å². The van der Waals surface area contributed by atoms with E-state index in [0.717, 1.165) is 38.5 Å². The Kier molecular flexibility index (Phi) is 4.95. The minimum atomic E-state index is -1.64. The van der Waals surface area contributed by atoms with Crippen LogP contribution in [-0.2, 0) is 9.22 Å². The summed E-state index contributed by atoms with van der Waals surface area (Å²) in [5, 5.41) is 9.55. The van der Waals surface area contributed by atoms with Gasteiger partial charge in [0.15, 0.2) is 8.32 Å². The summed E-state index contributed by atoms with van der Waals surface area (Å²) < 4.78 is 6.59. The fourth-order valence-electron chi connectivity index (χ4n) is 4.44. The van der Waals surface area contributed by atoms with Gasteiger partial charge in [-0.25, -0.2) is 0 Å². The smallest absolute Gasteiger partial charge is 0.307 e. The molecule has 2 saturated carbocycles. The van der Waals surface area contributed by atoms with Gasteiger partial charge < -0.3 is 9.53 Å². The number of carboxylic acid groups (broad SMARTS) is 1. The number of carbonyl (C=O) groups is 1. The molecule has 4 heteroatoms. The first-order chi connectivity index (χ1) is 9.41. The third-order valence-electron chi connectivity index (χ3n) is 5.47. The summed E-state index contributed by atoms with van der Waals surface area (Å²) in [7, 11) is -1.64. The normalized spacial score (nSPS) is 34.0. The van der Waals surface area contributed by atoms with Crippen LogP contribution in [0.1, 0.15) is 58.3 Å². The van der Waals surface area contributed by atoms with Crippen LogP contribution >= 0.6 is 0 Å². The first kappa shape index (κ1) is 16.0. The van der Waals surface area contributed by atoms with E-state index < -0.39 is 14.3 Å². The van der Waals surface area contributed by atoms with Crippen LogP contribution in [0, 0.1) is 11.3 Å². The van der Waals surface area contributed by atoms with Gasteiger partial charge in [-0.05, 0) is 44.8 Å². The van der Waals surface area contributed by atoms with Gasteiger partial charge in [0.2, 0.25) is 0 Å². The Balaban J connectivity index is 2.09. The van der Waals surface area contributed by atoms with Gasteiger partial charge in [0, 0.05) is 5.41 Å². The minimum Gasteiger partial charge on any atom is -0.481 e. The van der Waals surface area contributed by atoms with Crippen molar-refractivity contribution in [3.05, 3.63) is 0 Å². The fraction of sp³-hybridized carbons (Fsp3) is 0.938. The topological polar surface area (TPSA) is 46.5 Å². The van der Waals surface area contributed by atoms with E-state index in [9.17, 15) is 9.90 Å². The van der Waals surface area contributed by atoms with Crippen molar-refractivity contribution in [2.45, 2.75) is 83.5 Å². The molecule has 0 amide bonds. The van der Waals surface area contributed by atoms with E-state index >= 15 is 0 Å². The van der Waals surface area contributed by atoms with Gasteiger partial charge in [-0.1, -0.05) is 32.6 Å². The highest BCUT2D eigenvalue weighted by atomic mass is 28.4. The molecule has 1 N–H and O–H groups in total. The number of carboxylic acids is 1. The molecule has 20 heavy (non-hydrogen) atoms. The van der Waals surface area contributed by atoms with Gasteiger partial charge in [0.1, 0.15) is 0 Å². The summed E-state index contributed by atoms with van der Waals surface area (Å²) in [5.74, 6) is -0.753. The van der Waals surface area contributed by atoms with E-state index in [0.29, 0.717) is 0 Å². The molecule has 0 aromatic heterocycles. The zero-order valence-electron chi connectivity index (χ0n) is 13.3.